The first kappa shape index (κ1) is 21.7. The van der Waals surface area contributed by atoms with Crippen LogP contribution >= 0.6 is 0 Å². The highest BCUT2D eigenvalue weighted by Crippen LogP contribution is 2.08. The van der Waals surface area contributed by atoms with Crippen LogP contribution in [-0.2, 0) is 11.3 Å². The Morgan fingerprint density at radius 2 is 1.93 bits per heavy atom. The molecule has 5 heteroatoms. The zero-order valence-electron chi connectivity index (χ0n) is 17.3. The number of nitrogens with one attached hydrogen (secondary N) is 2. The van der Waals surface area contributed by atoms with Gasteiger partial charge in [0, 0.05) is 19.6 Å². The van der Waals surface area contributed by atoms with E-state index in [9.17, 15) is 0 Å². The van der Waals surface area contributed by atoms with Crippen molar-refractivity contribution in [2.24, 2.45) is 10.9 Å². The summed E-state index contributed by atoms with van der Waals surface area (Å²) in [5, 5.41) is 6.80. The lowest BCUT2D eigenvalue weighted by atomic mass is 10.2. The first-order valence-electron chi connectivity index (χ1n) is 10.6. The van der Waals surface area contributed by atoms with Crippen molar-refractivity contribution in [1.29, 1.82) is 0 Å². The average Bonchev–Trinajstić information content (AvgIpc) is 3.20. The van der Waals surface area contributed by atoms with Gasteiger partial charge in [-0.05, 0) is 63.7 Å². The highest BCUT2D eigenvalue weighted by atomic mass is 16.5. The van der Waals surface area contributed by atoms with Crippen LogP contribution in [-0.4, -0.2) is 56.7 Å². The summed E-state index contributed by atoms with van der Waals surface area (Å²) in [4.78, 5) is 7.30. The third kappa shape index (κ3) is 9.78. The number of nitrogens with zero attached hydrogens (tertiary/aromatic N) is 2. The molecule has 1 heterocycles. The lowest BCUT2D eigenvalue weighted by Crippen LogP contribution is -2.38. The molecule has 1 aromatic carbocycles. The maximum atomic E-state index is 5.82. The number of unbranched alkanes of at least 4 members (excludes halogenated alkanes) is 1. The number of benzene rings is 1. The Kier molecular flexibility index (Phi) is 10.9. The average molecular weight is 375 g/mol. The van der Waals surface area contributed by atoms with E-state index in [2.05, 4.69) is 41.5 Å². The monoisotopic (exact) mass is 374 g/mol. The molecule has 152 valence electrons. The first-order chi connectivity index (χ1) is 13.3. The number of aliphatic imine (C=N–C) groups is 1. The number of likely N-dealkylation sites (tertiary alicyclic amines) is 1. The van der Waals surface area contributed by atoms with Gasteiger partial charge in [-0.2, -0.15) is 0 Å². The fourth-order valence-electron chi connectivity index (χ4n) is 3.27. The molecule has 1 aromatic rings. The summed E-state index contributed by atoms with van der Waals surface area (Å²) in [6.07, 6.45) is 5.21. The van der Waals surface area contributed by atoms with Gasteiger partial charge in [0.1, 0.15) is 0 Å². The van der Waals surface area contributed by atoms with Gasteiger partial charge in [-0.15, -0.1) is 0 Å². The summed E-state index contributed by atoms with van der Waals surface area (Å²) in [7, 11) is 0. The van der Waals surface area contributed by atoms with Crippen molar-refractivity contribution in [3.63, 3.8) is 0 Å². The number of hydrogen-bond acceptors (Lipinski definition) is 3. The van der Waals surface area contributed by atoms with Gasteiger partial charge in [0.25, 0.3) is 0 Å². The minimum Gasteiger partial charge on any atom is -0.376 e. The molecule has 0 aliphatic carbocycles. The fraction of sp³-hybridized carbons (Fsp3) is 0.682. The molecule has 1 atom stereocenters. The molecule has 0 spiro atoms. The third-order valence-corrected chi connectivity index (χ3v) is 4.81. The van der Waals surface area contributed by atoms with E-state index in [4.69, 9.17) is 9.73 Å². The quantitative estimate of drug-likeness (QED) is 0.335. The topological polar surface area (TPSA) is 48.9 Å². The summed E-state index contributed by atoms with van der Waals surface area (Å²) >= 11 is 0. The van der Waals surface area contributed by atoms with Crippen molar-refractivity contribution in [3.05, 3.63) is 35.9 Å². The van der Waals surface area contributed by atoms with E-state index in [-0.39, 0.29) is 0 Å². The Bertz CT molecular complexity index is 514. The number of guanidine groups is 1. The second-order valence-corrected chi connectivity index (χ2v) is 7.51. The Morgan fingerprint density at radius 3 is 2.67 bits per heavy atom. The molecule has 1 saturated heterocycles. The van der Waals surface area contributed by atoms with E-state index in [1.807, 2.05) is 18.2 Å². The Hall–Kier alpha value is -1.59. The maximum Gasteiger partial charge on any atom is 0.191 e. The molecule has 0 aromatic heterocycles. The van der Waals surface area contributed by atoms with E-state index in [0.717, 1.165) is 32.2 Å². The van der Waals surface area contributed by atoms with E-state index >= 15 is 0 Å². The first-order valence-corrected chi connectivity index (χ1v) is 10.6. The summed E-state index contributed by atoms with van der Waals surface area (Å²) in [6.45, 7) is 12.2. The zero-order chi connectivity index (χ0) is 19.2. The smallest absolute Gasteiger partial charge is 0.191 e. The summed E-state index contributed by atoms with van der Waals surface area (Å²) in [5.41, 5.74) is 1.22. The van der Waals surface area contributed by atoms with Crippen molar-refractivity contribution in [2.45, 2.75) is 46.1 Å². The summed E-state index contributed by atoms with van der Waals surface area (Å²) < 4.78 is 5.82. The minimum absolute atomic E-state index is 0.402. The Balaban J connectivity index is 1.58. The standard InChI is InChI=1S/C22H38N4O/c1-3-23-22(24-13-7-8-14-26-15-9-10-16-26)25-17-20(2)18-27-19-21-11-5-4-6-12-21/h4-6,11-12,20H,3,7-10,13-19H2,1-2H3,(H2,23,24,25). The van der Waals surface area contributed by atoms with Gasteiger partial charge in [0.2, 0.25) is 0 Å². The molecule has 1 aliphatic rings. The van der Waals surface area contributed by atoms with Gasteiger partial charge < -0.3 is 20.3 Å². The Morgan fingerprint density at radius 1 is 1.15 bits per heavy atom. The Labute approximate surface area is 165 Å². The second-order valence-electron chi connectivity index (χ2n) is 7.51. The highest BCUT2D eigenvalue weighted by molar-refractivity contribution is 5.79. The SMILES string of the molecule is CCNC(=NCC(C)COCc1ccccc1)NCCCCN1CCCC1. The summed E-state index contributed by atoms with van der Waals surface area (Å²) in [5.74, 6) is 1.33. The number of hydrogen-bond donors (Lipinski definition) is 2. The van der Waals surface area contributed by atoms with Crippen LogP contribution in [0, 0.1) is 5.92 Å². The van der Waals surface area contributed by atoms with Crippen LogP contribution in [0.15, 0.2) is 35.3 Å². The van der Waals surface area contributed by atoms with Crippen LogP contribution in [0.3, 0.4) is 0 Å². The normalized spacial score (nSPS) is 16.4. The predicted molar refractivity (Wildman–Crippen MR) is 114 cm³/mol. The largest absolute Gasteiger partial charge is 0.376 e. The molecule has 5 nitrogen and oxygen atoms in total. The predicted octanol–water partition coefficient (Wildman–Crippen LogP) is 3.27. The molecule has 2 rings (SSSR count). The van der Waals surface area contributed by atoms with E-state index in [1.165, 1.54) is 50.9 Å². The van der Waals surface area contributed by atoms with Gasteiger partial charge in [-0.25, -0.2) is 0 Å². The fourth-order valence-corrected chi connectivity index (χ4v) is 3.27. The van der Waals surface area contributed by atoms with Gasteiger partial charge in [0.15, 0.2) is 5.96 Å². The molecule has 1 fully saturated rings. The van der Waals surface area contributed by atoms with Gasteiger partial charge in [0.05, 0.1) is 13.2 Å². The maximum absolute atomic E-state index is 5.82. The van der Waals surface area contributed by atoms with Crippen LogP contribution in [0.4, 0.5) is 0 Å². The molecule has 0 saturated carbocycles. The lowest BCUT2D eigenvalue weighted by Gasteiger charge is -2.16. The molecule has 0 radical (unpaired) electrons. The van der Waals surface area contributed by atoms with E-state index in [0.29, 0.717) is 12.5 Å². The highest BCUT2D eigenvalue weighted by Gasteiger charge is 2.10. The van der Waals surface area contributed by atoms with E-state index in [1.54, 1.807) is 0 Å². The minimum atomic E-state index is 0.402. The lowest BCUT2D eigenvalue weighted by molar-refractivity contribution is 0.0945. The molecule has 1 unspecified atom stereocenters. The number of ether oxygens (including phenoxy) is 1. The van der Waals surface area contributed by atoms with Crippen molar-refractivity contribution in [3.8, 4) is 0 Å². The van der Waals surface area contributed by atoms with Crippen LogP contribution < -0.4 is 10.6 Å². The van der Waals surface area contributed by atoms with Gasteiger partial charge in [-0.1, -0.05) is 37.3 Å². The van der Waals surface area contributed by atoms with Crippen molar-refractivity contribution < 1.29 is 4.74 Å². The van der Waals surface area contributed by atoms with Crippen LogP contribution in [0.25, 0.3) is 0 Å². The van der Waals surface area contributed by atoms with Crippen molar-refractivity contribution in [2.75, 3.05) is 45.9 Å². The van der Waals surface area contributed by atoms with Gasteiger partial charge >= 0.3 is 0 Å². The van der Waals surface area contributed by atoms with Crippen molar-refractivity contribution in [1.82, 2.24) is 15.5 Å². The summed E-state index contributed by atoms with van der Waals surface area (Å²) in [6, 6.07) is 10.3. The van der Waals surface area contributed by atoms with Crippen LogP contribution in [0.1, 0.15) is 45.1 Å². The second kappa shape index (κ2) is 13.6. The molecule has 0 bridgehead atoms. The molecule has 0 amide bonds. The van der Waals surface area contributed by atoms with E-state index < -0.39 is 0 Å². The van der Waals surface area contributed by atoms with Crippen LogP contribution in [0.2, 0.25) is 0 Å². The van der Waals surface area contributed by atoms with Crippen LogP contribution in [0.5, 0.6) is 0 Å². The third-order valence-electron chi connectivity index (χ3n) is 4.81. The molecular weight excluding hydrogens is 336 g/mol. The van der Waals surface area contributed by atoms with Gasteiger partial charge in [-0.3, -0.25) is 4.99 Å². The molecular formula is C22H38N4O. The molecule has 2 N–H and O–H groups in total. The number of rotatable bonds is 12. The zero-order valence-corrected chi connectivity index (χ0v) is 17.3. The molecule has 1 aliphatic heterocycles. The van der Waals surface area contributed by atoms with Crippen molar-refractivity contribution >= 4 is 5.96 Å². The molecule has 27 heavy (non-hydrogen) atoms.